The third kappa shape index (κ3) is 1.88. The van der Waals surface area contributed by atoms with E-state index in [-0.39, 0.29) is 0 Å². The van der Waals surface area contributed by atoms with E-state index in [0.29, 0.717) is 0 Å². The summed E-state index contributed by atoms with van der Waals surface area (Å²) in [6.45, 7) is -0.480. The summed E-state index contributed by atoms with van der Waals surface area (Å²) in [4.78, 5) is 0. The molecular formula is C7H4BrClF3NO. The van der Waals surface area contributed by atoms with Crippen molar-refractivity contribution in [3.8, 4) is 0 Å². The lowest BCUT2D eigenvalue weighted by Gasteiger charge is -2.08. The number of benzene rings is 1. The predicted octanol–water partition coefficient (Wildman–Crippen LogP) is 3.00. The van der Waals surface area contributed by atoms with E-state index in [1.807, 2.05) is 0 Å². The average molecular weight is 290 g/mol. The van der Waals surface area contributed by atoms with Crippen molar-refractivity contribution >= 4 is 27.5 Å². The van der Waals surface area contributed by atoms with Crippen molar-refractivity contribution < 1.29 is 18.4 Å². The number of hydrogen-bond donors (Lipinski definition) is 2. The third-order valence-corrected chi connectivity index (χ3v) is 2.65. The first-order chi connectivity index (χ1) is 6.50. The highest BCUT2D eigenvalue weighted by Gasteiger charge is 2.21. The molecule has 0 saturated heterocycles. The highest BCUT2D eigenvalue weighted by atomic mass is 79.9. The summed E-state index contributed by atoms with van der Waals surface area (Å²) in [6, 6.07) is 0. The molecule has 14 heavy (non-hydrogen) atoms. The fraction of sp³-hybridized carbons (Fsp3) is 0.143. The van der Waals surface area contributed by atoms with Gasteiger partial charge in [-0.25, -0.2) is 18.7 Å². The molecular weight excluding hydrogens is 286 g/mol. The van der Waals surface area contributed by atoms with Gasteiger partial charge in [-0.05, 0) is 15.9 Å². The van der Waals surface area contributed by atoms with Gasteiger partial charge >= 0.3 is 0 Å². The second-order valence-electron chi connectivity index (χ2n) is 2.38. The van der Waals surface area contributed by atoms with Crippen LogP contribution >= 0.6 is 27.5 Å². The minimum Gasteiger partial charge on any atom is -0.316 e. The molecule has 0 radical (unpaired) electrons. The van der Waals surface area contributed by atoms with Gasteiger partial charge in [-0.15, -0.1) is 0 Å². The van der Waals surface area contributed by atoms with Crippen LogP contribution in [-0.4, -0.2) is 5.21 Å². The van der Waals surface area contributed by atoms with Gasteiger partial charge in [0.05, 0.1) is 16.0 Å². The Morgan fingerprint density at radius 1 is 1.21 bits per heavy atom. The van der Waals surface area contributed by atoms with Crippen LogP contribution in [0.15, 0.2) is 4.47 Å². The summed E-state index contributed by atoms with van der Waals surface area (Å²) in [7, 11) is 0. The van der Waals surface area contributed by atoms with Gasteiger partial charge in [0, 0.05) is 5.56 Å². The number of hydrogen-bond acceptors (Lipinski definition) is 2. The van der Waals surface area contributed by atoms with Gasteiger partial charge < -0.3 is 5.21 Å². The molecule has 2 nitrogen and oxygen atoms in total. The number of halogens is 5. The first kappa shape index (κ1) is 11.8. The maximum Gasteiger partial charge on any atom is 0.176 e. The van der Waals surface area contributed by atoms with E-state index in [2.05, 4.69) is 15.9 Å². The lowest BCUT2D eigenvalue weighted by Crippen LogP contribution is -2.11. The van der Waals surface area contributed by atoms with Crippen LogP contribution in [0.25, 0.3) is 0 Å². The Kier molecular flexibility index (Phi) is 3.77. The van der Waals surface area contributed by atoms with Crippen molar-refractivity contribution in [3.63, 3.8) is 0 Å². The zero-order valence-corrected chi connectivity index (χ0v) is 8.89. The first-order valence-corrected chi connectivity index (χ1v) is 4.55. The molecule has 2 N–H and O–H groups in total. The maximum absolute atomic E-state index is 13.1. The molecule has 1 aromatic rings. The zero-order chi connectivity index (χ0) is 10.9. The Morgan fingerprint density at radius 3 is 2.29 bits per heavy atom. The topological polar surface area (TPSA) is 32.3 Å². The summed E-state index contributed by atoms with van der Waals surface area (Å²) < 4.78 is 38.4. The molecule has 0 heterocycles. The van der Waals surface area contributed by atoms with Gasteiger partial charge in [0.1, 0.15) is 0 Å². The van der Waals surface area contributed by atoms with Gasteiger partial charge in [-0.2, -0.15) is 0 Å². The molecule has 1 aromatic carbocycles. The van der Waals surface area contributed by atoms with E-state index in [4.69, 9.17) is 16.8 Å². The van der Waals surface area contributed by atoms with Crippen molar-refractivity contribution in [3.05, 3.63) is 32.5 Å². The van der Waals surface area contributed by atoms with Crippen molar-refractivity contribution in [1.29, 1.82) is 0 Å². The fourth-order valence-electron chi connectivity index (χ4n) is 0.885. The van der Waals surface area contributed by atoms with Crippen molar-refractivity contribution in [2.75, 3.05) is 0 Å². The molecule has 0 amide bonds. The second kappa shape index (κ2) is 4.48. The smallest absolute Gasteiger partial charge is 0.176 e. The molecule has 0 saturated carbocycles. The number of rotatable bonds is 2. The van der Waals surface area contributed by atoms with Crippen LogP contribution < -0.4 is 5.48 Å². The monoisotopic (exact) mass is 289 g/mol. The van der Waals surface area contributed by atoms with Gasteiger partial charge in [0.2, 0.25) is 0 Å². The SMILES string of the molecule is ONCc1c(F)c(F)c(Br)c(F)c1Cl. The standard InChI is InChI=1S/C7H4BrClF3NO/c8-3-6(11)4(9)2(1-13-14)5(10)7(3)12/h13-14H,1H2. The molecule has 0 atom stereocenters. The minimum absolute atomic E-state index is 0.465. The highest BCUT2D eigenvalue weighted by Crippen LogP contribution is 2.32. The summed E-state index contributed by atoms with van der Waals surface area (Å²) in [6.07, 6.45) is 0. The average Bonchev–Trinajstić information content (AvgIpc) is 2.19. The molecule has 0 aliphatic heterocycles. The van der Waals surface area contributed by atoms with Crippen LogP contribution in [0.1, 0.15) is 5.56 Å². The van der Waals surface area contributed by atoms with Crippen LogP contribution in [0.2, 0.25) is 5.02 Å². The second-order valence-corrected chi connectivity index (χ2v) is 3.55. The zero-order valence-electron chi connectivity index (χ0n) is 6.54. The lowest BCUT2D eigenvalue weighted by molar-refractivity contribution is 0.159. The minimum atomic E-state index is -1.38. The summed E-state index contributed by atoms with van der Waals surface area (Å²) >= 11 is 7.90. The maximum atomic E-state index is 13.1. The molecule has 0 bridgehead atoms. The largest absolute Gasteiger partial charge is 0.316 e. The Labute approximate surface area is 90.8 Å². The summed E-state index contributed by atoms with van der Waals surface area (Å²) in [5.74, 6) is -3.78. The van der Waals surface area contributed by atoms with Crippen molar-refractivity contribution in [2.24, 2.45) is 0 Å². The van der Waals surface area contributed by atoms with Crippen molar-refractivity contribution in [2.45, 2.75) is 6.54 Å². The van der Waals surface area contributed by atoms with E-state index in [1.165, 1.54) is 0 Å². The molecule has 0 fully saturated rings. The third-order valence-electron chi connectivity index (χ3n) is 1.56. The fourth-order valence-corrected chi connectivity index (χ4v) is 1.62. The van der Waals surface area contributed by atoms with Crippen LogP contribution in [0.5, 0.6) is 0 Å². The molecule has 1 rings (SSSR count). The molecule has 0 aromatic heterocycles. The van der Waals surface area contributed by atoms with E-state index < -0.39 is 39.1 Å². The number of nitrogens with one attached hydrogen (secondary N) is 1. The normalized spacial score (nSPS) is 10.7. The van der Waals surface area contributed by atoms with Crippen LogP contribution in [0.4, 0.5) is 13.2 Å². The Morgan fingerprint density at radius 2 is 1.79 bits per heavy atom. The molecule has 0 unspecified atom stereocenters. The molecule has 78 valence electrons. The van der Waals surface area contributed by atoms with Crippen LogP contribution in [0, 0.1) is 17.5 Å². The molecule has 0 aliphatic carbocycles. The van der Waals surface area contributed by atoms with Gasteiger partial charge in [-0.3, -0.25) is 0 Å². The van der Waals surface area contributed by atoms with Crippen molar-refractivity contribution in [1.82, 2.24) is 5.48 Å². The van der Waals surface area contributed by atoms with E-state index in [1.54, 1.807) is 5.48 Å². The summed E-state index contributed by atoms with van der Waals surface area (Å²) in [5, 5.41) is 7.72. The quantitative estimate of drug-likeness (QED) is 0.498. The van der Waals surface area contributed by atoms with E-state index in [0.717, 1.165) is 0 Å². The number of hydroxylamine groups is 1. The Bertz CT molecular complexity index is 345. The van der Waals surface area contributed by atoms with Gasteiger partial charge in [0.25, 0.3) is 0 Å². The lowest BCUT2D eigenvalue weighted by atomic mass is 10.2. The molecule has 0 spiro atoms. The molecule has 0 aliphatic rings. The van der Waals surface area contributed by atoms with Gasteiger partial charge in [-0.1, -0.05) is 11.6 Å². The summed E-state index contributed by atoms with van der Waals surface area (Å²) in [5.41, 5.74) is 1.10. The van der Waals surface area contributed by atoms with E-state index >= 15 is 0 Å². The van der Waals surface area contributed by atoms with Crippen LogP contribution in [0.3, 0.4) is 0 Å². The molecule has 7 heteroatoms. The van der Waals surface area contributed by atoms with Crippen LogP contribution in [-0.2, 0) is 6.54 Å². The van der Waals surface area contributed by atoms with E-state index in [9.17, 15) is 13.2 Å². The predicted molar refractivity (Wildman–Crippen MR) is 47.7 cm³/mol. The van der Waals surface area contributed by atoms with Gasteiger partial charge in [0.15, 0.2) is 17.5 Å². The Hall–Kier alpha value is -0.300. The first-order valence-electron chi connectivity index (χ1n) is 3.38. The Balaban J connectivity index is 3.43. The highest BCUT2D eigenvalue weighted by molar-refractivity contribution is 9.10.